The van der Waals surface area contributed by atoms with E-state index in [9.17, 15) is 4.79 Å². The summed E-state index contributed by atoms with van der Waals surface area (Å²) in [5.41, 5.74) is 8.63. The number of hydrogen-bond donors (Lipinski definition) is 1. The monoisotopic (exact) mass is 324 g/mol. The van der Waals surface area contributed by atoms with Gasteiger partial charge in [0.15, 0.2) is 0 Å². The van der Waals surface area contributed by atoms with Gasteiger partial charge in [-0.05, 0) is 34.9 Å². The molecule has 0 aliphatic heterocycles. The maximum absolute atomic E-state index is 11.5. The Morgan fingerprint density at radius 3 is 2.43 bits per heavy atom. The van der Waals surface area contributed by atoms with E-state index in [2.05, 4.69) is 6.07 Å². The zero-order valence-electron chi connectivity index (χ0n) is 11.8. The standard InChI is InChI=1S/C16H17ClN2O.ClH/c1-19(16(20)10-18)11-12-3-2-4-14(9-12)13-5-7-15(17)8-6-13;/h2-9H,10-11,18H2,1H3;1H. The van der Waals surface area contributed by atoms with Gasteiger partial charge in [-0.3, -0.25) is 4.79 Å². The second kappa shape index (κ2) is 8.03. The molecule has 0 aliphatic rings. The Morgan fingerprint density at radius 1 is 1.14 bits per heavy atom. The fourth-order valence-corrected chi connectivity index (χ4v) is 2.14. The molecule has 0 spiro atoms. The van der Waals surface area contributed by atoms with E-state index in [0.717, 1.165) is 21.7 Å². The van der Waals surface area contributed by atoms with Crippen LogP contribution in [-0.4, -0.2) is 24.4 Å². The van der Waals surface area contributed by atoms with Gasteiger partial charge in [-0.2, -0.15) is 0 Å². The molecule has 5 heteroatoms. The lowest BCUT2D eigenvalue weighted by Crippen LogP contribution is -2.32. The first-order valence-electron chi connectivity index (χ1n) is 6.39. The first kappa shape index (κ1) is 17.5. The van der Waals surface area contributed by atoms with Crippen LogP contribution in [0.25, 0.3) is 11.1 Å². The molecule has 2 rings (SSSR count). The fraction of sp³-hybridized carbons (Fsp3) is 0.188. The van der Waals surface area contributed by atoms with Crippen LogP contribution in [0.1, 0.15) is 5.56 Å². The van der Waals surface area contributed by atoms with E-state index in [1.54, 1.807) is 11.9 Å². The summed E-state index contributed by atoms with van der Waals surface area (Å²) in [6.45, 7) is 0.588. The Hall–Kier alpha value is -1.55. The van der Waals surface area contributed by atoms with Gasteiger partial charge in [-0.25, -0.2) is 0 Å². The summed E-state index contributed by atoms with van der Waals surface area (Å²) < 4.78 is 0. The summed E-state index contributed by atoms with van der Waals surface area (Å²) in [5, 5.41) is 0.721. The van der Waals surface area contributed by atoms with E-state index in [1.165, 1.54) is 0 Å². The molecule has 0 saturated carbocycles. The van der Waals surface area contributed by atoms with E-state index >= 15 is 0 Å². The van der Waals surface area contributed by atoms with Crippen LogP contribution < -0.4 is 5.73 Å². The third-order valence-electron chi connectivity index (χ3n) is 3.12. The van der Waals surface area contributed by atoms with Crippen molar-refractivity contribution in [1.29, 1.82) is 0 Å². The van der Waals surface area contributed by atoms with Crippen molar-refractivity contribution in [2.45, 2.75) is 6.54 Å². The molecule has 0 unspecified atom stereocenters. The number of hydrogen-bond acceptors (Lipinski definition) is 2. The van der Waals surface area contributed by atoms with Gasteiger partial charge in [0.25, 0.3) is 0 Å². The van der Waals surface area contributed by atoms with Crippen LogP contribution >= 0.6 is 24.0 Å². The molecule has 0 heterocycles. The molecule has 0 aliphatic carbocycles. The number of nitrogens with zero attached hydrogens (tertiary/aromatic N) is 1. The van der Waals surface area contributed by atoms with Crippen molar-refractivity contribution in [2.75, 3.05) is 13.6 Å². The Morgan fingerprint density at radius 2 is 1.81 bits per heavy atom. The Kier molecular flexibility index (Phi) is 6.69. The van der Waals surface area contributed by atoms with Crippen molar-refractivity contribution < 1.29 is 4.79 Å². The third kappa shape index (κ3) is 4.74. The van der Waals surface area contributed by atoms with Gasteiger partial charge in [-0.15, -0.1) is 12.4 Å². The maximum atomic E-state index is 11.5. The molecule has 2 aromatic rings. The summed E-state index contributed by atoms with van der Waals surface area (Å²) in [6, 6.07) is 15.8. The van der Waals surface area contributed by atoms with Crippen molar-refractivity contribution in [3.05, 3.63) is 59.1 Å². The number of carbonyl (C=O) groups is 1. The smallest absolute Gasteiger partial charge is 0.236 e. The van der Waals surface area contributed by atoms with Crippen LogP contribution in [0.3, 0.4) is 0 Å². The molecule has 0 radical (unpaired) electrons. The van der Waals surface area contributed by atoms with E-state index in [4.69, 9.17) is 17.3 Å². The Bertz CT molecular complexity index is 599. The summed E-state index contributed by atoms with van der Waals surface area (Å²) in [4.78, 5) is 13.1. The predicted molar refractivity (Wildman–Crippen MR) is 89.7 cm³/mol. The minimum Gasteiger partial charge on any atom is -0.340 e. The van der Waals surface area contributed by atoms with Gasteiger partial charge in [0.1, 0.15) is 0 Å². The van der Waals surface area contributed by atoms with Crippen LogP contribution in [0.4, 0.5) is 0 Å². The molecule has 1 amide bonds. The highest BCUT2D eigenvalue weighted by atomic mass is 35.5. The first-order chi connectivity index (χ1) is 9.60. The number of amides is 1. The zero-order chi connectivity index (χ0) is 14.5. The molecular weight excluding hydrogens is 307 g/mol. The van der Waals surface area contributed by atoms with Crippen LogP contribution in [-0.2, 0) is 11.3 Å². The summed E-state index contributed by atoms with van der Waals surface area (Å²) >= 11 is 5.89. The number of benzene rings is 2. The van der Waals surface area contributed by atoms with Crippen molar-refractivity contribution in [2.24, 2.45) is 5.73 Å². The maximum Gasteiger partial charge on any atom is 0.236 e. The van der Waals surface area contributed by atoms with Crippen molar-refractivity contribution >= 4 is 29.9 Å². The summed E-state index contributed by atoms with van der Waals surface area (Å²) in [7, 11) is 1.75. The lowest BCUT2D eigenvalue weighted by atomic mass is 10.0. The highest BCUT2D eigenvalue weighted by molar-refractivity contribution is 6.30. The molecule has 112 valence electrons. The van der Waals surface area contributed by atoms with E-state index in [1.807, 2.05) is 42.5 Å². The Balaban J connectivity index is 0.00000220. The minimum absolute atomic E-state index is 0. The van der Waals surface area contributed by atoms with Gasteiger partial charge in [-0.1, -0.05) is 41.9 Å². The average Bonchev–Trinajstić information content (AvgIpc) is 2.47. The number of likely N-dealkylation sites (N-methyl/N-ethyl adjacent to an activating group) is 1. The first-order valence-corrected chi connectivity index (χ1v) is 6.77. The van der Waals surface area contributed by atoms with E-state index < -0.39 is 0 Å². The van der Waals surface area contributed by atoms with Crippen molar-refractivity contribution in [3.63, 3.8) is 0 Å². The summed E-state index contributed by atoms with van der Waals surface area (Å²) in [6.07, 6.45) is 0. The van der Waals surface area contributed by atoms with Crippen LogP contribution in [0, 0.1) is 0 Å². The summed E-state index contributed by atoms with van der Waals surface area (Å²) in [5.74, 6) is -0.0677. The molecule has 2 aromatic carbocycles. The SMILES string of the molecule is CN(Cc1cccc(-c2ccc(Cl)cc2)c1)C(=O)CN.Cl. The molecule has 0 bridgehead atoms. The van der Waals surface area contributed by atoms with Gasteiger partial charge in [0.05, 0.1) is 6.54 Å². The fourth-order valence-electron chi connectivity index (χ4n) is 2.01. The minimum atomic E-state index is -0.0677. The normalized spacial score (nSPS) is 9.86. The van der Waals surface area contributed by atoms with Gasteiger partial charge in [0.2, 0.25) is 5.91 Å². The molecule has 0 aromatic heterocycles. The third-order valence-corrected chi connectivity index (χ3v) is 3.38. The lowest BCUT2D eigenvalue weighted by Gasteiger charge is -2.16. The molecular formula is C16H18Cl2N2O. The second-order valence-electron chi connectivity index (χ2n) is 4.66. The quantitative estimate of drug-likeness (QED) is 0.937. The number of carbonyl (C=O) groups excluding carboxylic acids is 1. The van der Waals surface area contributed by atoms with E-state index in [-0.39, 0.29) is 24.9 Å². The van der Waals surface area contributed by atoms with E-state index in [0.29, 0.717) is 6.54 Å². The highest BCUT2D eigenvalue weighted by Crippen LogP contribution is 2.22. The topological polar surface area (TPSA) is 46.3 Å². The molecule has 0 fully saturated rings. The number of halogens is 2. The van der Waals surface area contributed by atoms with Crippen molar-refractivity contribution in [1.82, 2.24) is 4.90 Å². The molecule has 0 saturated heterocycles. The van der Waals surface area contributed by atoms with Gasteiger partial charge in [0, 0.05) is 18.6 Å². The largest absolute Gasteiger partial charge is 0.340 e. The molecule has 3 nitrogen and oxygen atoms in total. The molecule has 0 atom stereocenters. The lowest BCUT2D eigenvalue weighted by molar-refractivity contribution is -0.128. The van der Waals surface area contributed by atoms with Crippen LogP contribution in [0.15, 0.2) is 48.5 Å². The molecule has 2 N–H and O–H groups in total. The Labute approximate surface area is 136 Å². The number of rotatable bonds is 4. The van der Waals surface area contributed by atoms with Gasteiger partial charge >= 0.3 is 0 Å². The molecule has 21 heavy (non-hydrogen) atoms. The predicted octanol–water partition coefficient (Wildman–Crippen LogP) is 3.35. The van der Waals surface area contributed by atoms with Crippen molar-refractivity contribution in [3.8, 4) is 11.1 Å². The number of nitrogens with two attached hydrogens (primary N) is 1. The second-order valence-corrected chi connectivity index (χ2v) is 5.10. The average molecular weight is 325 g/mol. The van der Waals surface area contributed by atoms with Gasteiger partial charge < -0.3 is 10.6 Å². The highest BCUT2D eigenvalue weighted by Gasteiger charge is 2.07. The van der Waals surface area contributed by atoms with Crippen LogP contribution in [0.2, 0.25) is 5.02 Å². The zero-order valence-corrected chi connectivity index (χ0v) is 13.3. The van der Waals surface area contributed by atoms with Crippen LogP contribution in [0.5, 0.6) is 0 Å².